The number of urea groups is 1. The molecule has 5 nitrogen and oxygen atoms in total. The molecule has 0 saturated carbocycles. The molecule has 0 aliphatic rings. The Morgan fingerprint density at radius 3 is 1.84 bits per heavy atom. The normalized spacial score (nSPS) is 10.8. The molecule has 0 bridgehead atoms. The van der Waals surface area contributed by atoms with Crippen molar-refractivity contribution in [2.24, 2.45) is 0 Å². The van der Waals surface area contributed by atoms with Crippen molar-refractivity contribution >= 4 is 12.0 Å². The molecule has 5 heteroatoms. The van der Waals surface area contributed by atoms with Crippen LogP contribution in [-0.4, -0.2) is 32.2 Å². The summed E-state index contributed by atoms with van der Waals surface area (Å²) in [6.07, 6.45) is 18.2. The molecule has 25 heavy (non-hydrogen) atoms. The summed E-state index contributed by atoms with van der Waals surface area (Å²) < 4.78 is 4.54. The van der Waals surface area contributed by atoms with Crippen LogP contribution < -0.4 is 10.6 Å². The minimum Gasteiger partial charge on any atom is -0.466 e. The Balaban J connectivity index is 3.13. The maximum Gasteiger partial charge on any atom is 0.330 e. The second-order valence-electron chi connectivity index (χ2n) is 6.39. The van der Waals surface area contributed by atoms with E-state index >= 15 is 0 Å². The Kier molecular flexibility index (Phi) is 17.7. The van der Waals surface area contributed by atoms with Gasteiger partial charge in [0.2, 0.25) is 0 Å². The van der Waals surface area contributed by atoms with E-state index in [1.165, 1.54) is 71.0 Å². The Bertz CT molecular complexity index is 357. The van der Waals surface area contributed by atoms with Crippen LogP contribution in [0.15, 0.2) is 12.2 Å². The molecule has 0 rings (SSSR count). The first-order valence-electron chi connectivity index (χ1n) is 9.97. The number of carbonyl (C=O) groups excluding carboxylic acids is 2. The minimum absolute atomic E-state index is 0.0537. The van der Waals surface area contributed by atoms with Gasteiger partial charge < -0.3 is 15.4 Å². The minimum atomic E-state index is -0.266. The maximum atomic E-state index is 11.2. The van der Waals surface area contributed by atoms with Gasteiger partial charge in [-0.1, -0.05) is 63.9 Å². The van der Waals surface area contributed by atoms with Gasteiger partial charge in [-0.15, -0.1) is 0 Å². The van der Waals surface area contributed by atoms with Crippen molar-refractivity contribution in [2.45, 2.75) is 84.0 Å². The average molecular weight is 355 g/mol. The van der Waals surface area contributed by atoms with Crippen LogP contribution >= 0.6 is 0 Å². The number of esters is 1. The van der Waals surface area contributed by atoms with Crippen LogP contribution in [0, 0.1) is 0 Å². The summed E-state index contributed by atoms with van der Waals surface area (Å²) in [6.45, 7) is 3.38. The third-order valence-corrected chi connectivity index (χ3v) is 4.13. The van der Waals surface area contributed by atoms with E-state index in [0.717, 1.165) is 25.8 Å². The molecule has 0 aromatic rings. The van der Waals surface area contributed by atoms with Crippen LogP contribution in [0.25, 0.3) is 0 Å². The highest BCUT2D eigenvalue weighted by Gasteiger charge is 1.97. The van der Waals surface area contributed by atoms with Gasteiger partial charge in [-0.05, 0) is 26.2 Å². The highest BCUT2D eigenvalue weighted by Crippen LogP contribution is 2.12. The Labute approximate surface area is 154 Å². The SMILES string of the molecule is CCNC(=O)NCCCCCCCCCCCCCC=CC(=O)OC. The molecular formula is C20H38N2O3. The quantitative estimate of drug-likeness (QED) is 0.239. The Morgan fingerprint density at radius 1 is 0.800 bits per heavy atom. The predicted octanol–water partition coefficient (Wildman–Crippen LogP) is 4.72. The first-order chi connectivity index (χ1) is 12.2. The van der Waals surface area contributed by atoms with Gasteiger partial charge in [-0.2, -0.15) is 0 Å². The molecule has 0 aromatic heterocycles. The summed E-state index contributed by atoms with van der Waals surface area (Å²) in [7, 11) is 1.40. The number of ether oxygens (including phenoxy) is 1. The number of nitrogens with one attached hydrogen (secondary N) is 2. The molecule has 0 heterocycles. The average Bonchev–Trinajstić information content (AvgIpc) is 2.61. The number of hydrogen-bond acceptors (Lipinski definition) is 3. The third kappa shape index (κ3) is 18.7. The smallest absolute Gasteiger partial charge is 0.330 e. The molecule has 146 valence electrons. The fourth-order valence-corrected chi connectivity index (χ4v) is 2.65. The maximum absolute atomic E-state index is 11.2. The van der Waals surface area contributed by atoms with E-state index in [0.29, 0.717) is 6.54 Å². The summed E-state index contributed by atoms with van der Waals surface area (Å²) in [6, 6.07) is -0.0537. The number of methoxy groups -OCH3 is 1. The standard InChI is InChI=1S/C20H38N2O3/c1-3-21-20(24)22-18-16-14-12-10-8-6-4-5-7-9-11-13-15-17-19(23)25-2/h15,17H,3-14,16,18H2,1-2H3,(H2,21,22,24). The Hall–Kier alpha value is -1.52. The van der Waals surface area contributed by atoms with Gasteiger partial charge in [0.25, 0.3) is 0 Å². The summed E-state index contributed by atoms with van der Waals surface area (Å²) >= 11 is 0. The number of allylic oxidation sites excluding steroid dienone is 1. The molecule has 0 radical (unpaired) electrons. The number of rotatable bonds is 16. The molecule has 0 aliphatic carbocycles. The summed E-state index contributed by atoms with van der Waals surface area (Å²) in [5, 5.41) is 5.59. The van der Waals surface area contributed by atoms with E-state index in [-0.39, 0.29) is 12.0 Å². The first-order valence-corrected chi connectivity index (χ1v) is 9.97. The van der Waals surface area contributed by atoms with E-state index in [4.69, 9.17) is 0 Å². The highest BCUT2D eigenvalue weighted by molar-refractivity contribution is 5.81. The predicted molar refractivity (Wildman–Crippen MR) is 104 cm³/mol. The molecule has 0 aromatic carbocycles. The highest BCUT2D eigenvalue weighted by atomic mass is 16.5. The van der Waals surface area contributed by atoms with Gasteiger partial charge >= 0.3 is 12.0 Å². The van der Waals surface area contributed by atoms with Crippen molar-refractivity contribution in [3.8, 4) is 0 Å². The molecule has 2 amide bonds. The number of carbonyl (C=O) groups is 2. The van der Waals surface area contributed by atoms with Gasteiger partial charge in [-0.3, -0.25) is 0 Å². The first kappa shape index (κ1) is 23.5. The van der Waals surface area contributed by atoms with Crippen molar-refractivity contribution in [1.29, 1.82) is 0 Å². The van der Waals surface area contributed by atoms with E-state index in [2.05, 4.69) is 15.4 Å². The van der Waals surface area contributed by atoms with Crippen molar-refractivity contribution in [1.82, 2.24) is 10.6 Å². The van der Waals surface area contributed by atoms with Crippen LogP contribution in [0.3, 0.4) is 0 Å². The molecule has 0 atom stereocenters. The Morgan fingerprint density at radius 2 is 1.32 bits per heavy atom. The summed E-state index contributed by atoms with van der Waals surface area (Å²) in [5.74, 6) is -0.266. The van der Waals surface area contributed by atoms with Crippen LogP contribution in [0.1, 0.15) is 84.0 Å². The second kappa shape index (κ2) is 18.8. The zero-order valence-corrected chi connectivity index (χ0v) is 16.3. The lowest BCUT2D eigenvalue weighted by Gasteiger charge is -2.05. The molecule has 0 saturated heterocycles. The number of unbranched alkanes of at least 4 members (excludes halogenated alkanes) is 11. The van der Waals surface area contributed by atoms with E-state index in [9.17, 15) is 9.59 Å². The molecular weight excluding hydrogens is 316 g/mol. The molecule has 0 unspecified atom stereocenters. The molecule has 2 N–H and O–H groups in total. The summed E-state index contributed by atoms with van der Waals surface area (Å²) in [5.41, 5.74) is 0. The van der Waals surface area contributed by atoms with Crippen LogP contribution in [0.4, 0.5) is 4.79 Å². The van der Waals surface area contributed by atoms with Gasteiger partial charge in [0.15, 0.2) is 0 Å². The lowest BCUT2D eigenvalue weighted by Crippen LogP contribution is -2.35. The largest absolute Gasteiger partial charge is 0.466 e. The van der Waals surface area contributed by atoms with Crippen molar-refractivity contribution < 1.29 is 14.3 Å². The lowest BCUT2D eigenvalue weighted by atomic mass is 10.1. The number of hydrogen-bond donors (Lipinski definition) is 2. The molecule has 0 spiro atoms. The van der Waals surface area contributed by atoms with Crippen molar-refractivity contribution in [2.75, 3.05) is 20.2 Å². The summed E-state index contributed by atoms with van der Waals surface area (Å²) in [4.78, 5) is 22.0. The monoisotopic (exact) mass is 354 g/mol. The topological polar surface area (TPSA) is 67.4 Å². The second-order valence-corrected chi connectivity index (χ2v) is 6.39. The van der Waals surface area contributed by atoms with Crippen molar-refractivity contribution in [3.05, 3.63) is 12.2 Å². The molecule has 0 aliphatic heterocycles. The third-order valence-electron chi connectivity index (χ3n) is 4.13. The lowest BCUT2D eigenvalue weighted by molar-refractivity contribution is -0.134. The zero-order chi connectivity index (χ0) is 18.6. The van der Waals surface area contributed by atoms with Gasteiger partial charge in [-0.25, -0.2) is 9.59 Å². The van der Waals surface area contributed by atoms with Gasteiger partial charge in [0.05, 0.1) is 7.11 Å². The van der Waals surface area contributed by atoms with E-state index in [1.54, 1.807) is 0 Å². The fraction of sp³-hybridized carbons (Fsp3) is 0.800. The van der Waals surface area contributed by atoms with E-state index < -0.39 is 0 Å². The van der Waals surface area contributed by atoms with Gasteiger partial charge in [0.1, 0.15) is 0 Å². The fourth-order valence-electron chi connectivity index (χ4n) is 2.65. The van der Waals surface area contributed by atoms with Crippen LogP contribution in [0.5, 0.6) is 0 Å². The van der Waals surface area contributed by atoms with Crippen molar-refractivity contribution in [3.63, 3.8) is 0 Å². The number of amides is 2. The zero-order valence-electron chi connectivity index (χ0n) is 16.3. The van der Waals surface area contributed by atoms with Crippen LogP contribution in [-0.2, 0) is 9.53 Å². The van der Waals surface area contributed by atoms with Gasteiger partial charge in [0, 0.05) is 19.2 Å². The van der Waals surface area contributed by atoms with Crippen LogP contribution in [0.2, 0.25) is 0 Å². The molecule has 0 fully saturated rings. The van der Waals surface area contributed by atoms with E-state index in [1.807, 2.05) is 13.0 Å².